The average molecular weight is 283 g/mol. The van der Waals surface area contributed by atoms with Crippen molar-refractivity contribution < 1.29 is 18.6 Å². The highest BCUT2D eigenvalue weighted by Crippen LogP contribution is 2.38. The molecule has 2 rings (SSSR count). The summed E-state index contributed by atoms with van der Waals surface area (Å²) < 4.78 is 28.6. The number of hydrogen-bond donors (Lipinski definition) is 1. The minimum atomic E-state index is -0.375. The molecule has 0 spiro atoms. The van der Waals surface area contributed by atoms with E-state index in [1.807, 2.05) is 12.1 Å². The van der Waals surface area contributed by atoms with Gasteiger partial charge in [0.15, 0.2) is 11.5 Å². The van der Waals surface area contributed by atoms with E-state index in [1.54, 1.807) is 0 Å². The summed E-state index contributed by atoms with van der Waals surface area (Å²) in [5.41, 5.74) is 0.995. The fourth-order valence-corrected chi connectivity index (χ4v) is 1.84. The van der Waals surface area contributed by atoms with Gasteiger partial charge in [-0.15, -0.1) is 0 Å². The molecule has 1 heterocycles. The minimum absolute atomic E-state index is 0.00653. The molecule has 0 atom stereocenters. The third-order valence-corrected chi connectivity index (χ3v) is 2.90. The number of halogens is 1. The molecular weight excluding hydrogens is 261 g/mol. The van der Waals surface area contributed by atoms with Gasteiger partial charge in [-0.25, -0.2) is 0 Å². The van der Waals surface area contributed by atoms with E-state index in [4.69, 9.17) is 14.2 Å². The SMILES string of the molecule is CC(C)(C)NCc1cc2c(cc1OCCCF)OCO2. The summed E-state index contributed by atoms with van der Waals surface area (Å²) in [6.07, 6.45) is 0.389. The van der Waals surface area contributed by atoms with Crippen LogP contribution in [0.3, 0.4) is 0 Å². The van der Waals surface area contributed by atoms with Gasteiger partial charge in [0, 0.05) is 30.1 Å². The van der Waals surface area contributed by atoms with Crippen LogP contribution in [0.1, 0.15) is 32.8 Å². The molecule has 4 nitrogen and oxygen atoms in total. The van der Waals surface area contributed by atoms with Crippen LogP contribution in [0.4, 0.5) is 4.39 Å². The van der Waals surface area contributed by atoms with Crippen LogP contribution in [0.2, 0.25) is 0 Å². The molecule has 0 aliphatic carbocycles. The molecule has 5 heteroatoms. The summed E-state index contributed by atoms with van der Waals surface area (Å²) in [5, 5.41) is 3.41. The second kappa shape index (κ2) is 6.31. The summed E-state index contributed by atoms with van der Waals surface area (Å²) in [6, 6.07) is 3.74. The van der Waals surface area contributed by atoms with Crippen molar-refractivity contribution in [1.82, 2.24) is 5.32 Å². The summed E-state index contributed by atoms with van der Waals surface area (Å²) >= 11 is 0. The Hall–Kier alpha value is -1.49. The van der Waals surface area contributed by atoms with E-state index in [-0.39, 0.29) is 19.0 Å². The van der Waals surface area contributed by atoms with Crippen molar-refractivity contribution >= 4 is 0 Å². The molecule has 0 bridgehead atoms. The lowest BCUT2D eigenvalue weighted by Gasteiger charge is -2.22. The summed E-state index contributed by atoms with van der Waals surface area (Å²) in [4.78, 5) is 0. The first-order valence-corrected chi connectivity index (χ1v) is 6.86. The van der Waals surface area contributed by atoms with E-state index in [0.29, 0.717) is 25.3 Å². The topological polar surface area (TPSA) is 39.7 Å². The normalized spacial score (nSPS) is 13.6. The monoisotopic (exact) mass is 283 g/mol. The zero-order valence-corrected chi connectivity index (χ0v) is 12.3. The maximum absolute atomic E-state index is 12.2. The third kappa shape index (κ3) is 4.00. The van der Waals surface area contributed by atoms with Crippen molar-refractivity contribution in [3.63, 3.8) is 0 Å². The predicted molar refractivity (Wildman–Crippen MR) is 75.2 cm³/mol. The van der Waals surface area contributed by atoms with Gasteiger partial charge in [0.05, 0.1) is 13.3 Å². The van der Waals surface area contributed by atoms with Gasteiger partial charge in [0.1, 0.15) is 5.75 Å². The molecule has 1 aliphatic heterocycles. The van der Waals surface area contributed by atoms with E-state index in [9.17, 15) is 4.39 Å². The van der Waals surface area contributed by atoms with Crippen LogP contribution in [-0.2, 0) is 6.54 Å². The molecule has 112 valence electrons. The van der Waals surface area contributed by atoms with Gasteiger partial charge in [-0.3, -0.25) is 4.39 Å². The number of benzene rings is 1. The second-order valence-corrected chi connectivity index (χ2v) is 5.81. The predicted octanol–water partition coefficient (Wildman–Crippen LogP) is 3.04. The number of rotatable bonds is 6. The number of hydrogen-bond acceptors (Lipinski definition) is 4. The molecule has 0 aromatic heterocycles. The Balaban J connectivity index is 2.13. The minimum Gasteiger partial charge on any atom is -0.493 e. The van der Waals surface area contributed by atoms with Gasteiger partial charge < -0.3 is 19.5 Å². The third-order valence-electron chi connectivity index (χ3n) is 2.90. The van der Waals surface area contributed by atoms with Crippen molar-refractivity contribution in [3.8, 4) is 17.2 Å². The molecule has 0 fully saturated rings. The second-order valence-electron chi connectivity index (χ2n) is 5.81. The van der Waals surface area contributed by atoms with Gasteiger partial charge in [-0.2, -0.15) is 0 Å². The van der Waals surface area contributed by atoms with Crippen LogP contribution >= 0.6 is 0 Å². The van der Waals surface area contributed by atoms with Gasteiger partial charge in [0.25, 0.3) is 0 Å². The first kappa shape index (κ1) is 14.9. The van der Waals surface area contributed by atoms with Crippen molar-refractivity contribution in [2.45, 2.75) is 39.3 Å². The Labute approximate surface area is 119 Å². The molecular formula is C15H22FNO3. The first-order valence-electron chi connectivity index (χ1n) is 6.86. The van der Waals surface area contributed by atoms with Crippen molar-refractivity contribution in [2.24, 2.45) is 0 Å². The zero-order chi connectivity index (χ0) is 14.6. The van der Waals surface area contributed by atoms with Gasteiger partial charge in [-0.05, 0) is 26.8 Å². The highest BCUT2D eigenvalue weighted by Gasteiger charge is 2.19. The molecule has 1 aromatic carbocycles. The van der Waals surface area contributed by atoms with Crippen molar-refractivity contribution in [2.75, 3.05) is 20.1 Å². The standard InChI is InChI=1S/C15H22FNO3/c1-15(2,3)17-9-11-7-13-14(20-10-19-13)8-12(11)18-6-4-5-16/h7-8,17H,4-6,9-10H2,1-3H3. The van der Waals surface area contributed by atoms with Crippen LogP contribution in [0.15, 0.2) is 12.1 Å². The molecule has 0 saturated carbocycles. The molecule has 0 unspecified atom stereocenters. The van der Waals surface area contributed by atoms with E-state index in [0.717, 1.165) is 17.1 Å². The van der Waals surface area contributed by atoms with Crippen LogP contribution < -0.4 is 19.5 Å². The lowest BCUT2D eigenvalue weighted by atomic mass is 10.1. The molecule has 1 N–H and O–H groups in total. The highest BCUT2D eigenvalue weighted by molar-refractivity contribution is 5.51. The fourth-order valence-electron chi connectivity index (χ4n) is 1.84. The van der Waals surface area contributed by atoms with E-state index in [2.05, 4.69) is 26.1 Å². The molecule has 1 aromatic rings. The largest absolute Gasteiger partial charge is 0.493 e. The molecule has 1 aliphatic rings. The van der Waals surface area contributed by atoms with E-state index in [1.165, 1.54) is 0 Å². The van der Waals surface area contributed by atoms with E-state index >= 15 is 0 Å². The summed E-state index contributed by atoms with van der Waals surface area (Å²) in [5.74, 6) is 2.13. The highest BCUT2D eigenvalue weighted by atomic mass is 19.1. The molecule has 0 saturated heterocycles. The number of alkyl halides is 1. The van der Waals surface area contributed by atoms with Crippen LogP contribution in [0.25, 0.3) is 0 Å². The number of ether oxygens (including phenoxy) is 3. The number of nitrogens with one attached hydrogen (secondary N) is 1. The van der Waals surface area contributed by atoms with Crippen LogP contribution in [0.5, 0.6) is 17.2 Å². The Morgan fingerprint density at radius 3 is 2.60 bits per heavy atom. The Morgan fingerprint density at radius 1 is 1.25 bits per heavy atom. The van der Waals surface area contributed by atoms with Crippen LogP contribution in [0, 0.1) is 0 Å². The Bertz CT molecular complexity index is 457. The summed E-state index contributed by atoms with van der Waals surface area (Å²) in [7, 11) is 0. The molecule has 20 heavy (non-hydrogen) atoms. The Morgan fingerprint density at radius 2 is 1.95 bits per heavy atom. The zero-order valence-electron chi connectivity index (χ0n) is 12.3. The molecule has 0 radical (unpaired) electrons. The first-order chi connectivity index (χ1) is 9.49. The Kier molecular flexibility index (Phi) is 4.70. The van der Waals surface area contributed by atoms with E-state index < -0.39 is 0 Å². The average Bonchev–Trinajstić information content (AvgIpc) is 2.82. The van der Waals surface area contributed by atoms with Gasteiger partial charge in [-0.1, -0.05) is 0 Å². The maximum Gasteiger partial charge on any atom is 0.231 e. The van der Waals surface area contributed by atoms with Gasteiger partial charge >= 0.3 is 0 Å². The van der Waals surface area contributed by atoms with Crippen molar-refractivity contribution in [3.05, 3.63) is 17.7 Å². The fraction of sp³-hybridized carbons (Fsp3) is 0.600. The maximum atomic E-state index is 12.2. The lowest BCUT2D eigenvalue weighted by Crippen LogP contribution is -2.35. The quantitative estimate of drug-likeness (QED) is 0.815. The van der Waals surface area contributed by atoms with Gasteiger partial charge in [0.2, 0.25) is 6.79 Å². The molecule has 0 amide bonds. The summed E-state index contributed by atoms with van der Waals surface area (Å²) in [6.45, 7) is 7.18. The van der Waals surface area contributed by atoms with Crippen molar-refractivity contribution in [1.29, 1.82) is 0 Å². The lowest BCUT2D eigenvalue weighted by molar-refractivity contribution is 0.173. The number of fused-ring (bicyclic) bond motifs is 1. The smallest absolute Gasteiger partial charge is 0.231 e. The van der Waals surface area contributed by atoms with Crippen LogP contribution in [-0.4, -0.2) is 25.6 Å².